The van der Waals surface area contributed by atoms with Crippen LogP contribution in [0.25, 0.3) is 10.8 Å². The van der Waals surface area contributed by atoms with Gasteiger partial charge in [-0.15, -0.1) is 0 Å². The quantitative estimate of drug-likeness (QED) is 0.933. The van der Waals surface area contributed by atoms with E-state index in [1.165, 1.54) is 16.3 Å². The van der Waals surface area contributed by atoms with Crippen LogP contribution in [0, 0.1) is 0 Å². The zero-order valence-corrected chi connectivity index (χ0v) is 11.8. The largest absolute Gasteiger partial charge is 0.350 e. The number of nitrogens with two attached hydrogens (primary N) is 1. The Labute approximate surface area is 119 Å². The summed E-state index contributed by atoms with van der Waals surface area (Å²) in [5, 5.41) is 2.54. The van der Waals surface area contributed by atoms with E-state index < -0.39 is 0 Å². The molecule has 0 radical (unpaired) electrons. The van der Waals surface area contributed by atoms with Gasteiger partial charge in [-0.2, -0.15) is 0 Å². The maximum absolute atomic E-state index is 5.97. The van der Waals surface area contributed by atoms with Crippen LogP contribution >= 0.6 is 0 Å². The van der Waals surface area contributed by atoms with E-state index in [4.69, 9.17) is 15.2 Å². The van der Waals surface area contributed by atoms with Crippen LogP contribution in [0.15, 0.2) is 42.5 Å². The summed E-state index contributed by atoms with van der Waals surface area (Å²) in [6, 6.07) is 14.8. The van der Waals surface area contributed by atoms with Gasteiger partial charge in [0.1, 0.15) is 0 Å². The second kappa shape index (κ2) is 5.92. The fourth-order valence-corrected chi connectivity index (χ4v) is 2.74. The van der Waals surface area contributed by atoms with E-state index in [9.17, 15) is 0 Å². The second-order valence-corrected chi connectivity index (χ2v) is 5.37. The van der Waals surface area contributed by atoms with Gasteiger partial charge in [0.25, 0.3) is 0 Å². The summed E-state index contributed by atoms with van der Waals surface area (Å²) in [5.41, 5.74) is 7.27. The molecule has 3 heteroatoms. The lowest BCUT2D eigenvalue weighted by molar-refractivity contribution is -0.196. The van der Waals surface area contributed by atoms with Crippen LogP contribution in [-0.4, -0.2) is 25.5 Å². The van der Waals surface area contributed by atoms with E-state index in [0.29, 0.717) is 13.2 Å². The van der Waals surface area contributed by atoms with E-state index >= 15 is 0 Å². The van der Waals surface area contributed by atoms with Gasteiger partial charge in [0, 0.05) is 5.92 Å². The van der Waals surface area contributed by atoms with Crippen molar-refractivity contribution in [3.8, 4) is 0 Å². The smallest absolute Gasteiger partial charge is 0.172 e. The highest BCUT2D eigenvalue weighted by atomic mass is 16.7. The standard InChI is InChI=1S/C17H21NO2/c1-2-16(18)17-19-10-13(11-20-17)15-9-5-7-12-6-3-4-8-14(12)15/h3-9,13,16-17H,2,10-11,18H2,1H3. The minimum Gasteiger partial charge on any atom is -0.350 e. The molecular weight excluding hydrogens is 250 g/mol. The molecule has 1 atom stereocenters. The molecule has 106 valence electrons. The fraction of sp³-hybridized carbons (Fsp3) is 0.412. The van der Waals surface area contributed by atoms with E-state index in [2.05, 4.69) is 42.5 Å². The number of hydrogen-bond donors (Lipinski definition) is 1. The molecule has 0 aliphatic carbocycles. The molecule has 20 heavy (non-hydrogen) atoms. The normalized spacial score (nSPS) is 24.7. The van der Waals surface area contributed by atoms with Crippen LogP contribution < -0.4 is 5.73 Å². The van der Waals surface area contributed by atoms with Crippen molar-refractivity contribution < 1.29 is 9.47 Å². The van der Waals surface area contributed by atoms with Gasteiger partial charge in [0.2, 0.25) is 0 Å². The summed E-state index contributed by atoms with van der Waals surface area (Å²) < 4.78 is 11.6. The van der Waals surface area contributed by atoms with E-state index in [-0.39, 0.29) is 18.2 Å². The lowest BCUT2D eigenvalue weighted by Crippen LogP contribution is -2.43. The van der Waals surface area contributed by atoms with Gasteiger partial charge in [-0.3, -0.25) is 0 Å². The first-order chi connectivity index (χ1) is 9.79. The summed E-state index contributed by atoms with van der Waals surface area (Å²) in [6.07, 6.45) is 0.607. The summed E-state index contributed by atoms with van der Waals surface area (Å²) >= 11 is 0. The second-order valence-electron chi connectivity index (χ2n) is 5.37. The lowest BCUT2D eigenvalue weighted by atomic mass is 9.94. The van der Waals surface area contributed by atoms with E-state index in [1.54, 1.807) is 0 Å². The van der Waals surface area contributed by atoms with Crippen LogP contribution in [0.3, 0.4) is 0 Å². The highest BCUT2D eigenvalue weighted by molar-refractivity contribution is 5.86. The van der Waals surface area contributed by atoms with Crippen molar-refractivity contribution in [3.05, 3.63) is 48.0 Å². The van der Waals surface area contributed by atoms with Crippen LogP contribution in [0.5, 0.6) is 0 Å². The molecule has 2 aromatic carbocycles. The molecule has 0 amide bonds. The van der Waals surface area contributed by atoms with Gasteiger partial charge < -0.3 is 15.2 Å². The third-order valence-electron chi connectivity index (χ3n) is 4.01. The first-order valence-corrected chi connectivity index (χ1v) is 7.26. The number of benzene rings is 2. The van der Waals surface area contributed by atoms with Gasteiger partial charge in [-0.1, -0.05) is 49.4 Å². The monoisotopic (exact) mass is 271 g/mol. The number of ether oxygens (including phenoxy) is 2. The van der Waals surface area contributed by atoms with Crippen molar-refractivity contribution in [2.24, 2.45) is 5.73 Å². The molecule has 1 fully saturated rings. The highest BCUT2D eigenvalue weighted by Gasteiger charge is 2.27. The molecular formula is C17H21NO2. The molecule has 0 saturated carbocycles. The first-order valence-electron chi connectivity index (χ1n) is 7.26. The predicted molar refractivity (Wildman–Crippen MR) is 80.6 cm³/mol. The molecule has 2 N–H and O–H groups in total. The van der Waals surface area contributed by atoms with Crippen LogP contribution in [-0.2, 0) is 9.47 Å². The summed E-state index contributed by atoms with van der Waals surface area (Å²) in [7, 11) is 0. The molecule has 2 aromatic rings. The van der Waals surface area contributed by atoms with Gasteiger partial charge in [0.15, 0.2) is 6.29 Å². The Morgan fingerprint density at radius 2 is 1.80 bits per heavy atom. The molecule has 0 aromatic heterocycles. The topological polar surface area (TPSA) is 44.5 Å². The average Bonchev–Trinajstić information content (AvgIpc) is 2.54. The van der Waals surface area contributed by atoms with Gasteiger partial charge in [-0.05, 0) is 22.8 Å². The predicted octanol–water partition coefficient (Wildman–Crippen LogP) is 3.03. The molecule has 1 unspecified atom stereocenters. The zero-order valence-electron chi connectivity index (χ0n) is 11.8. The first kappa shape index (κ1) is 13.6. The molecule has 0 bridgehead atoms. The van der Waals surface area contributed by atoms with Gasteiger partial charge >= 0.3 is 0 Å². The number of hydrogen-bond acceptors (Lipinski definition) is 3. The van der Waals surface area contributed by atoms with E-state index in [1.807, 2.05) is 6.92 Å². The highest BCUT2D eigenvalue weighted by Crippen LogP contribution is 2.29. The van der Waals surface area contributed by atoms with Crippen molar-refractivity contribution in [2.75, 3.05) is 13.2 Å². The van der Waals surface area contributed by atoms with E-state index in [0.717, 1.165) is 6.42 Å². The van der Waals surface area contributed by atoms with Crippen molar-refractivity contribution in [3.63, 3.8) is 0 Å². The van der Waals surface area contributed by atoms with Crippen molar-refractivity contribution >= 4 is 10.8 Å². The lowest BCUT2D eigenvalue weighted by Gasteiger charge is -2.33. The minimum absolute atomic E-state index is 0.0385. The Morgan fingerprint density at radius 3 is 2.55 bits per heavy atom. The Hall–Kier alpha value is -1.42. The molecule has 1 saturated heterocycles. The minimum atomic E-state index is -0.258. The van der Waals surface area contributed by atoms with Crippen molar-refractivity contribution in [1.82, 2.24) is 0 Å². The van der Waals surface area contributed by atoms with Gasteiger partial charge in [0.05, 0.1) is 19.3 Å². The average molecular weight is 271 g/mol. The summed E-state index contributed by atoms with van der Waals surface area (Å²) in [4.78, 5) is 0. The fourth-order valence-electron chi connectivity index (χ4n) is 2.74. The molecule has 1 heterocycles. The molecule has 1 aliphatic rings. The Bertz CT molecular complexity index is 571. The molecule has 0 spiro atoms. The third kappa shape index (κ3) is 2.57. The van der Waals surface area contributed by atoms with Crippen LogP contribution in [0.2, 0.25) is 0 Å². The SMILES string of the molecule is CCC(N)C1OCC(c2cccc3ccccc23)CO1. The maximum Gasteiger partial charge on any atom is 0.172 e. The van der Waals surface area contributed by atoms with Crippen molar-refractivity contribution in [2.45, 2.75) is 31.6 Å². The Kier molecular flexibility index (Phi) is 4.01. The summed E-state index contributed by atoms with van der Waals surface area (Å²) in [6.45, 7) is 3.40. The Balaban J connectivity index is 1.80. The summed E-state index contributed by atoms with van der Waals surface area (Å²) in [5.74, 6) is 0.279. The molecule has 3 rings (SSSR count). The third-order valence-corrected chi connectivity index (χ3v) is 4.01. The van der Waals surface area contributed by atoms with Crippen molar-refractivity contribution in [1.29, 1.82) is 0 Å². The van der Waals surface area contributed by atoms with Crippen LogP contribution in [0.1, 0.15) is 24.8 Å². The Morgan fingerprint density at radius 1 is 1.10 bits per heavy atom. The zero-order chi connectivity index (χ0) is 13.9. The number of fused-ring (bicyclic) bond motifs is 1. The number of rotatable bonds is 3. The van der Waals surface area contributed by atoms with Gasteiger partial charge in [-0.25, -0.2) is 0 Å². The molecule has 3 nitrogen and oxygen atoms in total. The maximum atomic E-state index is 5.97. The molecule has 1 aliphatic heterocycles. The van der Waals surface area contributed by atoms with Crippen LogP contribution in [0.4, 0.5) is 0 Å².